The third kappa shape index (κ3) is 2.04. The maximum absolute atomic E-state index is 6.09. The summed E-state index contributed by atoms with van der Waals surface area (Å²) in [4.78, 5) is 0. The second kappa shape index (κ2) is 4.75. The third-order valence-corrected chi connectivity index (χ3v) is 4.10. The van der Waals surface area contributed by atoms with E-state index in [4.69, 9.17) is 5.73 Å². The summed E-state index contributed by atoms with van der Waals surface area (Å²) in [5, 5.41) is 4.96. The van der Waals surface area contributed by atoms with Gasteiger partial charge in [0.1, 0.15) is 0 Å². The minimum atomic E-state index is 0.333. The van der Waals surface area contributed by atoms with Crippen LogP contribution in [0.5, 0.6) is 0 Å². The van der Waals surface area contributed by atoms with Crippen molar-refractivity contribution in [3.8, 4) is 0 Å². The lowest BCUT2D eigenvalue weighted by Gasteiger charge is -2.16. The number of benzene rings is 1. The second-order valence-electron chi connectivity index (χ2n) is 5.36. The Balaban J connectivity index is 1.78. The first kappa shape index (κ1) is 11.8. The standard InChI is InChI=1S/C15H21N3/c1-18-10-11(12-5-2-3-8-15(12)18)9-17-14-7-4-6-13(14)16/h2-3,5,8,10,13-14,17H,4,6-7,9,16H2,1H3. The Bertz CT molecular complexity index is 544. The second-order valence-corrected chi connectivity index (χ2v) is 5.36. The molecule has 3 rings (SSSR count). The summed E-state index contributed by atoms with van der Waals surface area (Å²) in [6, 6.07) is 9.38. The van der Waals surface area contributed by atoms with Crippen LogP contribution < -0.4 is 11.1 Å². The van der Waals surface area contributed by atoms with Crippen LogP contribution in [0.2, 0.25) is 0 Å². The van der Waals surface area contributed by atoms with Gasteiger partial charge in [0, 0.05) is 42.8 Å². The summed E-state index contributed by atoms with van der Waals surface area (Å²) in [7, 11) is 2.10. The molecule has 3 heteroatoms. The van der Waals surface area contributed by atoms with Crippen molar-refractivity contribution >= 4 is 10.9 Å². The van der Waals surface area contributed by atoms with E-state index in [1.165, 1.54) is 29.3 Å². The first-order chi connectivity index (χ1) is 8.75. The smallest absolute Gasteiger partial charge is 0.0481 e. The SMILES string of the molecule is Cn1cc(CNC2CCCC2N)c2ccccc21. The van der Waals surface area contributed by atoms with Gasteiger partial charge in [-0.1, -0.05) is 24.6 Å². The van der Waals surface area contributed by atoms with Crippen LogP contribution in [0.15, 0.2) is 30.5 Å². The fourth-order valence-electron chi connectivity index (χ4n) is 3.05. The van der Waals surface area contributed by atoms with Crippen molar-refractivity contribution < 1.29 is 0 Å². The monoisotopic (exact) mass is 243 g/mol. The van der Waals surface area contributed by atoms with Gasteiger partial charge < -0.3 is 15.6 Å². The first-order valence-electron chi connectivity index (χ1n) is 6.77. The highest BCUT2D eigenvalue weighted by atomic mass is 15.0. The van der Waals surface area contributed by atoms with Crippen molar-refractivity contribution in [3.63, 3.8) is 0 Å². The van der Waals surface area contributed by atoms with Gasteiger partial charge in [0.25, 0.3) is 0 Å². The predicted octanol–water partition coefficient (Wildman–Crippen LogP) is 2.15. The lowest BCUT2D eigenvalue weighted by Crippen LogP contribution is -2.40. The van der Waals surface area contributed by atoms with Gasteiger partial charge >= 0.3 is 0 Å². The molecule has 0 bridgehead atoms. The molecular formula is C15H21N3. The fraction of sp³-hybridized carbons (Fsp3) is 0.467. The minimum absolute atomic E-state index is 0.333. The van der Waals surface area contributed by atoms with E-state index < -0.39 is 0 Å². The molecular weight excluding hydrogens is 222 g/mol. The molecule has 0 aliphatic heterocycles. The number of aryl methyl sites for hydroxylation is 1. The zero-order valence-electron chi connectivity index (χ0n) is 10.9. The molecule has 18 heavy (non-hydrogen) atoms. The van der Waals surface area contributed by atoms with E-state index in [0.717, 1.165) is 13.0 Å². The van der Waals surface area contributed by atoms with E-state index in [-0.39, 0.29) is 0 Å². The van der Waals surface area contributed by atoms with E-state index in [1.807, 2.05) is 0 Å². The molecule has 3 N–H and O–H groups in total. The molecule has 2 aromatic rings. The maximum atomic E-state index is 6.09. The van der Waals surface area contributed by atoms with Crippen LogP contribution in [0.1, 0.15) is 24.8 Å². The summed E-state index contributed by atoms with van der Waals surface area (Å²) in [6.07, 6.45) is 5.85. The van der Waals surface area contributed by atoms with Crippen LogP contribution in [-0.4, -0.2) is 16.7 Å². The molecule has 96 valence electrons. The van der Waals surface area contributed by atoms with Crippen molar-refractivity contribution in [3.05, 3.63) is 36.0 Å². The fourth-order valence-corrected chi connectivity index (χ4v) is 3.05. The van der Waals surface area contributed by atoms with E-state index in [2.05, 4.69) is 47.4 Å². The van der Waals surface area contributed by atoms with Crippen LogP contribution in [0.25, 0.3) is 10.9 Å². The van der Waals surface area contributed by atoms with Gasteiger partial charge in [-0.2, -0.15) is 0 Å². The highest BCUT2D eigenvalue weighted by Gasteiger charge is 2.23. The van der Waals surface area contributed by atoms with Crippen molar-refractivity contribution in [1.29, 1.82) is 0 Å². The maximum Gasteiger partial charge on any atom is 0.0481 e. The van der Waals surface area contributed by atoms with Crippen LogP contribution in [-0.2, 0) is 13.6 Å². The van der Waals surface area contributed by atoms with E-state index in [1.54, 1.807) is 0 Å². The van der Waals surface area contributed by atoms with Gasteiger partial charge in [-0.15, -0.1) is 0 Å². The highest BCUT2D eigenvalue weighted by Crippen LogP contribution is 2.22. The number of hydrogen-bond acceptors (Lipinski definition) is 2. The number of nitrogens with zero attached hydrogens (tertiary/aromatic N) is 1. The zero-order valence-corrected chi connectivity index (χ0v) is 10.9. The van der Waals surface area contributed by atoms with E-state index >= 15 is 0 Å². The van der Waals surface area contributed by atoms with Crippen LogP contribution in [0, 0.1) is 0 Å². The van der Waals surface area contributed by atoms with E-state index in [9.17, 15) is 0 Å². The molecule has 1 aromatic heterocycles. The van der Waals surface area contributed by atoms with Crippen molar-refractivity contribution in [2.75, 3.05) is 0 Å². The molecule has 2 atom stereocenters. The summed E-state index contributed by atoms with van der Waals surface area (Å²) in [5.41, 5.74) is 8.76. The molecule has 1 aliphatic carbocycles. The van der Waals surface area contributed by atoms with Crippen molar-refractivity contribution in [2.45, 2.75) is 37.9 Å². The number of nitrogens with one attached hydrogen (secondary N) is 1. The number of hydrogen-bond donors (Lipinski definition) is 2. The average molecular weight is 243 g/mol. The van der Waals surface area contributed by atoms with E-state index in [0.29, 0.717) is 12.1 Å². The third-order valence-electron chi connectivity index (χ3n) is 4.10. The van der Waals surface area contributed by atoms with Crippen LogP contribution in [0.3, 0.4) is 0 Å². The summed E-state index contributed by atoms with van der Waals surface area (Å²) >= 11 is 0. The van der Waals surface area contributed by atoms with Crippen molar-refractivity contribution in [2.24, 2.45) is 12.8 Å². The number of fused-ring (bicyclic) bond motifs is 1. The topological polar surface area (TPSA) is 43.0 Å². The molecule has 1 heterocycles. The molecule has 0 amide bonds. The normalized spacial score (nSPS) is 23.9. The number of nitrogens with two attached hydrogens (primary N) is 1. The Morgan fingerprint density at radius 3 is 2.94 bits per heavy atom. The molecule has 3 nitrogen and oxygen atoms in total. The number of aromatic nitrogens is 1. The van der Waals surface area contributed by atoms with Crippen molar-refractivity contribution in [1.82, 2.24) is 9.88 Å². The lowest BCUT2D eigenvalue weighted by molar-refractivity contribution is 0.476. The number of para-hydroxylation sites is 1. The molecule has 0 radical (unpaired) electrons. The van der Waals surface area contributed by atoms with Crippen LogP contribution >= 0.6 is 0 Å². The summed E-state index contributed by atoms with van der Waals surface area (Å²) < 4.78 is 2.20. The largest absolute Gasteiger partial charge is 0.350 e. The van der Waals surface area contributed by atoms with Gasteiger partial charge in [-0.25, -0.2) is 0 Å². The zero-order chi connectivity index (χ0) is 12.5. The summed E-state index contributed by atoms with van der Waals surface area (Å²) in [5.74, 6) is 0. The Labute approximate surface area is 108 Å². The Morgan fingerprint density at radius 2 is 2.17 bits per heavy atom. The summed E-state index contributed by atoms with van der Waals surface area (Å²) in [6.45, 7) is 0.916. The van der Waals surface area contributed by atoms with Gasteiger partial charge in [0.15, 0.2) is 0 Å². The molecule has 1 fully saturated rings. The Hall–Kier alpha value is -1.32. The van der Waals surface area contributed by atoms with Gasteiger partial charge in [0.05, 0.1) is 0 Å². The Morgan fingerprint density at radius 1 is 1.33 bits per heavy atom. The molecule has 0 saturated heterocycles. The van der Waals surface area contributed by atoms with Gasteiger partial charge in [-0.05, 0) is 24.5 Å². The quantitative estimate of drug-likeness (QED) is 0.867. The average Bonchev–Trinajstić information content (AvgIpc) is 2.92. The molecule has 1 saturated carbocycles. The molecule has 1 aliphatic rings. The van der Waals surface area contributed by atoms with Gasteiger partial charge in [-0.3, -0.25) is 0 Å². The predicted molar refractivity (Wildman–Crippen MR) is 75.4 cm³/mol. The van der Waals surface area contributed by atoms with Crippen LogP contribution in [0.4, 0.5) is 0 Å². The minimum Gasteiger partial charge on any atom is -0.350 e. The molecule has 0 spiro atoms. The molecule has 1 aromatic carbocycles. The lowest BCUT2D eigenvalue weighted by atomic mass is 10.1. The number of rotatable bonds is 3. The van der Waals surface area contributed by atoms with Gasteiger partial charge in [0.2, 0.25) is 0 Å². The Kier molecular flexibility index (Phi) is 3.10. The highest BCUT2D eigenvalue weighted by molar-refractivity contribution is 5.83. The molecule has 2 unspecified atom stereocenters. The first-order valence-corrected chi connectivity index (χ1v) is 6.77.